The predicted octanol–water partition coefficient (Wildman–Crippen LogP) is 3.73. The zero-order valence-corrected chi connectivity index (χ0v) is 14.6. The number of aromatic hydroxyl groups is 2. The van der Waals surface area contributed by atoms with E-state index in [0.717, 1.165) is 33.6 Å². The van der Waals surface area contributed by atoms with Crippen molar-refractivity contribution in [2.75, 3.05) is 11.4 Å². The molecule has 0 aliphatic heterocycles. The van der Waals surface area contributed by atoms with Gasteiger partial charge >= 0.3 is 0 Å². The Hall–Kier alpha value is -3.06. The van der Waals surface area contributed by atoms with Crippen molar-refractivity contribution in [3.8, 4) is 22.6 Å². The molecule has 0 heterocycles. The third-order valence-corrected chi connectivity index (χ3v) is 5.75. The molecule has 134 valence electrons. The molecule has 0 bridgehead atoms. The van der Waals surface area contributed by atoms with Crippen molar-refractivity contribution in [3.05, 3.63) is 72.5 Å². The van der Waals surface area contributed by atoms with Crippen LogP contribution < -0.4 is 4.31 Å². The largest absolute Gasteiger partial charge is 0.508 e. The second-order valence-corrected chi connectivity index (χ2v) is 7.66. The van der Waals surface area contributed by atoms with Gasteiger partial charge in [0.25, 0.3) is 10.0 Å². The van der Waals surface area contributed by atoms with Crippen LogP contribution in [0.2, 0.25) is 0 Å². The van der Waals surface area contributed by atoms with E-state index in [0.29, 0.717) is 5.69 Å². The summed E-state index contributed by atoms with van der Waals surface area (Å²) in [5.74, 6) is -1.51. The third-order valence-electron chi connectivity index (χ3n) is 3.97. The molecule has 0 aliphatic carbocycles. The molecule has 0 saturated carbocycles. The number of nitrogens with zero attached hydrogens (tertiary/aromatic N) is 1. The summed E-state index contributed by atoms with van der Waals surface area (Å²) in [6, 6.07) is 16.3. The second kappa shape index (κ2) is 6.68. The van der Waals surface area contributed by atoms with Crippen molar-refractivity contribution in [2.45, 2.75) is 4.90 Å². The molecular weight excluding hydrogens is 357 g/mol. The molecule has 0 fully saturated rings. The number of benzene rings is 3. The number of hydrogen-bond donors (Lipinski definition) is 2. The Labute approximate surface area is 150 Å². The maximum atomic E-state index is 13.2. The van der Waals surface area contributed by atoms with E-state index in [1.807, 2.05) is 0 Å². The van der Waals surface area contributed by atoms with Crippen LogP contribution in [0.1, 0.15) is 0 Å². The van der Waals surface area contributed by atoms with Crippen molar-refractivity contribution < 1.29 is 23.0 Å². The van der Waals surface area contributed by atoms with Crippen molar-refractivity contribution in [2.24, 2.45) is 0 Å². The number of anilines is 1. The normalized spacial score (nSPS) is 11.3. The van der Waals surface area contributed by atoms with E-state index >= 15 is 0 Å². The molecule has 7 heteroatoms. The van der Waals surface area contributed by atoms with Crippen LogP contribution in [-0.2, 0) is 10.0 Å². The van der Waals surface area contributed by atoms with Gasteiger partial charge in [-0.25, -0.2) is 12.8 Å². The minimum atomic E-state index is -3.98. The Kier molecular flexibility index (Phi) is 4.56. The molecule has 2 N–H and O–H groups in total. The number of hydrogen-bond acceptors (Lipinski definition) is 4. The fourth-order valence-electron chi connectivity index (χ4n) is 2.52. The summed E-state index contributed by atoms with van der Waals surface area (Å²) in [6.45, 7) is 0. The summed E-state index contributed by atoms with van der Waals surface area (Å²) < 4.78 is 39.8. The lowest BCUT2D eigenvalue weighted by atomic mass is 10.0. The lowest BCUT2D eigenvalue weighted by Crippen LogP contribution is -2.26. The maximum Gasteiger partial charge on any atom is 0.264 e. The Bertz CT molecular complexity index is 1070. The van der Waals surface area contributed by atoms with Gasteiger partial charge in [-0.1, -0.05) is 24.3 Å². The van der Waals surface area contributed by atoms with Crippen LogP contribution in [0.5, 0.6) is 11.5 Å². The van der Waals surface area contributed by atoms with E-state index in [2.05, 4.69) is 0 Å². The highest BCUT2D eigenvalue weighted by molar-refractivity contribution is 7.92. The minimum Gasteiger partial charge on any atom is -0.508 e. The molecule has 3 rings (SSSR count). The van der Waals surface area contributed by atoms with Gasteiger partial charge in [0.05, 0.1) is 10.6 Å². The Morgan fingerprint density at radius 3 is 2.19 bits per heavy atom. The standard InChI is InChI=1S/C19H16FNO4S/c1-21(26(24,25)17-8-9-18(20)19(23)12-17)15-6-2-4-13(10-15)14-5-3-7-16(22)11-14/h2-12,22-23H,1H3. The van der Waals surface area contributed by atoms with Crippen molar-refractivity contribution >= 4 is 15.7 Å². The zero-order valence-electron chi connectivity index (χ0n) is 13.8. The average Bonchev–Trinajstić information content (AvgIpc) is 2.63. The van der Waals surface area contributed by atoms with Crippen LogP contribution in [-0.4, -0.2) is 25.7 Å². The molecular formula is C19H16FNO4S. The molecule has 0 atom stereocenters. The molecule has 0 aliphatic rings. The van der Waals surface area contributed by atoms with Crippen molar-refractivity contribution in [3.63, 3.8) is 0 Å². The fraction of sp³-hybridized carbons (Fsp3) is 0.0526. The summed E-state index contributed by atoms with van der Waals surface area (Å²) in [4.78, 5) is -0.221. The van der Waals surface area contributed by atoms with Crippen LogP contribution in [0, 0.1) is 5.82 Å². The van der Waals surface area contributed by atoms with Gasteiger partial charge in [-0.2, -0.15) is 0 Å². The first-order valence-corrected chi connectivity index (χ1v) is 9.10. The maximum absolute atomic E-state index is 13.2. The Morgan fingerprint density at radius 2 is 1.54 bits per heavy atom. The van der Waals surface area contributed by atoms with Gasteiger partial charge in [-0.3, -0.25) is 4.31 Å². The summed E-state index contributed by atoms with van der Waals surface area (Å²) in [7, 11) is -2.61. The van der Waals surface area contributed by atoms with Crippen LogP contribution in [0.3, 0.4) is 0 Å². The van der Waals surface area contributed by atoms with E-state index in [4.69, 9.17) is 0 Å². The first kappa shape index (κ1) is 17.8. The van der Waals surface area contributed by atoms with Gasteiger partial charge in [-0.05, 0) is 47.5 Å². The predicted molar refractivity (Wildman–Crippen MR) is 97.2 cm³/mol. The van der Waals surface area contributed by atoms with Gasteiger partial charge in [0.2, 0.25) is 0 Å². The fourth-order valence-corrected chi connectivity index (χ4v) is 3.72. The number of phenols is 2. The molecule has 5 nitrogen and oxygen atoms in total. The molecule has 26 heavy (non-hydrogen) atoms. The smallest absolute Gasteiger partial charge is 0.264 e. The molecule has 3 aromatic rings. The van der Waals surface area contributed by atoms with Gasteiger partial charge in [0.15, 0.2) is 11.6 Å². The highest BCUT2D eigenvalue weighted by Gasteiger charge is 2.23. The van der Waals surface area contributed by atoms with Crippen LogP contribution in [0.4, 0.5) is 10.1 Å². The SMILES string of the molecule is CN(c1cccc(-c2cccc(O)c2)c1)S(=O)(=O)c1ccc(F)c(O)c1. The van der Waals surface area contributed by atoms with E-state index in [-0.39, 0.29) is 10.6 Å². The topological polar surface area (TPSA) is 77.8 Å². The van der Waals surface area contributed by atoms with E-state index in [1.54, 1.807) is 48.5 Å². The molecule has 0 unspecified atom stereocenters. The summed E-state index contributed by atoms with van der Waals surface area (Å²) in [5, 5.41) is 19.1. The second-order valence-electron chi connectivity index (χ2n) is 5.69. The average molecular weight is 373 g/mol. The highest BCUT2D eigenvalue weighted by atomic mass is 32.2. The van der Waals surface area contributed by atoms with Crippen molar-refractivity contribution in [1.29, 1.82) is 0 Å². The number of rotatable bonds is 4. The van der Waals surface area contributed by atoms with E-state index in [1.165, 1.54) is 7.05 Å². The minimum absolute atomic E-state index is 0.107. The van der Waals surface area contributed by atoms with Crippen molar-refractivity contribution in [1.82, 2.24) is 0 Å². The number of sulfonamides is 1. The number of phenolic OH excluding ortho intramolecular Hbond substituents is 2. The Balaban J connectivity index is 2.00. The summed E-state index contributed by atoms with van der Waals surface area (Å²) in [5.41, 5.74) is 1.84. The molecule has 0 spiro atoms. The van der Waals surface area contributed by atoms with E-state index in [9.17, 15) is 23.0 Å². The molecule has 0 saturated heterocycles. The quantitative estimate of drug-likeness (QED) is 0.730. The summed E-state index contributed by atoms with van der Waals surface area (Å²) >= 11 is 0. The van der Waals surface area contributed by atoms with Gasteiger partial charge in [0.1, 0.15) is 5.75 Å². The number of halogens is 1. The van der Waals surface area contributed by atoms with Gasteiger partial charge in [-0.15, -0.1) is 0 Å². The molecule has 0 amide bonds. The van der Waals surface area contributed by atoms with Gasteiger partial charge in [0, 0.05) is 13.1 Å². The van der Waals surface area contributed by atoms with E-state index < -0.39 is 21.6 Å². The molecule has 0 radical (unpaired) electrons. The first-order valence-electron chi connectivity index (χ1n) is 7.66. The molecule has 0 aromatic heterocycles. The summed E-state index contributed by atoms with van der Waals surface area (Å²) in [6.07, 6.45) is 0. The first-order chi connectivity index (χ1) is 12.3. The third kappa shape index (κ3) is 3.34. The zero-order chi connectivity index (χ0) is 18.9. The monoisotopic (exact) mass is 373 g/mol. The highest BCUT2D eigenvalue weighted by Crippen LogP contribution is 2.30. The van der Waals surface area contributed by atoms with Crippen LogP contribution in [0.25, 0.3) is 11.1 Å². The Morgan fingerprint density at radius 1 is 0.885 bits per heavy atom. The van der Waals surface area contributed by atoms with Gasteiger partial charge < -0.3 is 10.2 Å². The van der Waals surface area contributed by atoms with Crippen LogP contribution in [0.15, 0.2) is 71.6 Å². The molecule has 3 aromatic carbocycles. The van der Waals surface area contributed by atoms with Crippen LogP contribution >= 0.6 is 0 Å². The lowest BCUT2D eigenvalue weighted by Gasteiger charge is -2.20. The lowest BCUT2D eigenvalue weighted by molar-refractivity contribution is 0.430.